The van der Waals surface area contributed by atoms with Gasteiger partial charge in [0, 0.05) is 53.0 Å². The van der Waals surface area contributed by atoms with Crippen molar-refractivity contribution in [3.63, 3.8) is 0 Å². The molecule has 4 aromatic rings. The molecule has 4 heterocycles. The van der Waals surface area contributed by atoms with Gasteiger partial charge in [-0.25, -0.2) is 4.98 Å². The molecule has 1 fully saturated rings. The van der Waals surface area contributed by atoms with Gasteiger partial charge in [-0.05, 0) is 81.7 Å². The molecule has 0 bridgehead atoms. The lowest BCUT2D eigenvalue weighted by atomic mass is 9.86. The molecule has 6 rings (SSSR count). The Morgan fingerprint density at radius 1 is 1.03 bits per heavy atom. The fourth-order valence-corrected chi connectivity index (χ4v) is 5.67. The summed E-state index contributed by atoms with van der Waals surface area (Å²) in [6.07, 6.45) is 6.37. The van der Waals surface area contributed by atoms with E-state index in [0.717, 1.165) is 52.2 Å². The quantitative estimate of drug-likeness (QED) is 0.455. The standard InChI is InChI=1S/C27H30N6O/c1-16-9-18(10-17(2)24(16)27(5-6-27)15-33(3)4)22-12-20-21(14-29-25(20)32-31-22)19-11-23-26(30-13-19)34-8-7-28-23/h9-14,28H,5-8,15H2,1-4H3,(H,29,32). The number of hydrogen-bond acceptors (Lipinski definition) is 6. The molecule has 1 aromatic carbocycles. The van der Waals surface area contributed by atoms with Gasteiger partial charge >= 0.3 is 0 Å². The Bertz CT molecular complexity index is 1380. The van der Waals surface area contributed by atoms with Crippen LogP contribution in [0.15, 0.2) is 36.7 Å². The number of nitrogens with zero attached hydrogens (tertiary/aromatic N) is 4. The number of fused-ring (bicyclic) bond motifs is 2. The molecule has 34 heavy (non-hydrogen) atoms. The Hall–Kier alpha value is -3.45. The molecular weight excluding hydrogens is 424 g/mol. The van der Waals surface area contributed by atoms with Crippen LogP contribution < -0.4 is 10.1 Å². The van der Waals surface area contributed by atoms with Crippen molar-refractivity contribution in [2.24, 2.45) is 0 Å². The zero-order valence-electron chi connectivity index (χ0n) is 20.2. The van der Waals surface area contributed by atoms with Crippen LogP contribution in [0.5, 0.6) is 5.88 Å². The van der Waals surface area contributed by atoms with Crippen molar-refractivity contribution in [1.82, 2.24) is 25.1 Å². The van der Waals surface area contributed by atoms with Crippen LogP contribution in [0.25, 0.3) is 33.4 Å². The van der Waals surface area contributed by atoms with Crippen LogP contribution >= 0.6 is 0 Å². The number of rotatable bonds is 5. The minimum Gasteiger partial charge on any atom is -0.474 e. The van der Waals surface area contributed by atoms with Crippen LogP contribution in [0, 0.1) is 13.8 Å². The minimum atomic E-state index is 0.302. The molecule has 0 amide bonds. The second-order valence-corrected chi connectivity index (χ2v) is 10.0. The monoisotopic (exact) mass is 454 g/mol. The van der Waals surface area contributed by atoms with Crippen LogP contribution in [-0.2, 0) is 5.41 Å². The number of pyridine rings is 1. The first-order valence-electron chi connectivity index (χ1n) is 11.9. The number of aromatic amines is 1. The zero-order valence-corrected chi connectivity index (χ0v) is 20.2. The fraction of sp³-hybridized carbons (Fsp3) is 0.370. The van der Waals surface area contributed by atoms with E-state index in [1.807, 2.05) is 12.4 Å². The van der Waals surface area contributed by atoms with Crippen molar-refractivity contribution in [2.75, 3.05) is 39.1 Å². The largest absolute Gasteiger partial charge is 0.474 e. The molecular formula is C27H30N6O. The van der Waals surface area contributed by atoms with Crippen LogP contribution in [0.2, 0.25) is 0 Å². The molecule has 1 saturated carbocycles. The second-order valence-electron chi connectivity index (χ2n) is 10.0. The Kier molecular flexibility index (Phi) is 4.85. The van der Waals surface area contributed by atoms with Crippen molar-refractivity contribution in [2.45, 2.75) is 32.1 Å². The number of ether oxygens (including phenoxy) is 1. The SMILES string of the molecule is Cc1cc(-c2cc3c(-c4cnc5c(c4)NCCO5)c[nH]c3nn2)cc(C)c1C1(CN(C)C)CC1. The number of nitrogens with one attached hydrogen (secondary N) is 2. The lowest BCUT2D eigenvalue weighted by molar-refractivity contribution is 0.310. The smallest absolute Gasteiger partial charge is 0.237 e. The van der Waals surface area contributed by atoms with Gasteiger partial charge in [0.15, 0.2) is 5.65 Å². The number of anilines is 1. The Morgan fingerprint density at radius 3 is 2.56 bits per heavy atom. The highest BCUT2D eigenvalue weighted by Gasteiger charge is 2.46. The zero-order chi connectivity index (χ0) is 23.4. The molecule has 2 aliphatic rings. The Balaban J connectivity index is 1.40. The van der Waals surface area contributed by atoms with Gasteiger partial charge in [0.2, 0.25) is 5.88 Å². The molecule has 1 aliphatic carbocycles. The number of H-pyrrole nitrogens is 1. The predicted octanol–water partition coefficient (Wildman–Crippen LogP) is 4.70. The van der Waals surface area contributed by atoms with Crippen molar-refractivity contribution in [3.05, 3.63) is 53.3 Å². The molecule has 3 aromatic heterocycles. The maximum absolute atomic E-state index is 5.64. The van der Waals surface area contributed by atoms with Crippen molar-refractivity contribution in [3.8, 4) is 28.3 Å². The predicted molar refractivity (Wildman–Crippen MR) is 135 cm³/mol. The third kappa shape index (κ3) is 3.51. The van der Waals surface area contributed by atoms with Crippen LogP contribution in [0.1, 0.15) is 29.5 Å². The van der Waals surface area contributed by atoms with E-state index in [9.17, 15) is 0 Å². The Labute approximate surface area is 199 Å². The van der Waals surface area contributed by atoms with Gasteiger partial charge in [-0.2, -0.15) is 0 Å². The second kappa shape index (κ2) is 7.81. The highest BCUT2D eigenvalue weighted by Crippen LogP contribution is 2.51. The van der Waals surface area contributed by atoms with E-state index < -0.39 is 0 Å². The van der Waals surface area contributed by atoms with Gasteiger partial charge in [-0.1, -0.05) is 0 Å². The normalized spacial score (nSPS) is 16.3. The van der Waals surface area contributed by atoms with Gasteiger partial charge in [-0.15, -0.1) is 10.2 Å². The van der Waals surface area contributed by atoms with E-state index >= 15 is 0 Å². The summed E-state index contributed by atoms with van der Waals surface area (Å²) in [5.41, 5.74) is 10.3. The van der Waals surface area contributed by atoms with E-state index in [1.54, 1.807) is 0 Å². The van der Waals surface area contributed by atoms with Crippen LogP contribution in [0.4, 0.5) is 5.69 Å². The lowest BCUT2D eigenvalue weighted by Crippen LogP contribution is -2.27. The van der Waals surface area contributed by atoms with Crippen LogP contribution in [-0.4, -0.2) is 58.9 Å². The summed E-state index contributed by atoms with van der Waals surface area (Å²) in [5, 5.41) is 13.5. The summed E-state index contributed by atoms with van der Waals surface area (Å²) in [7, 11) is 4.33. The average molecular weight is 455 g/mol. The van der Waals surface area contributed by atoms with Crippen molar-refractivity contribution in [1.29, 1.82) is 0 Å². The summed E-state index contributed by atoms with van der Waals surface area (Å²) in [4.78, 5) is 10.1. The van der Waals surface area contributed by atoms with Crippen LogP contribution in [0.3, 0.4) is 0 Å². The summed E-state index contributed by atoms with van der Waals surface area (Å²) in [6, 6.07) is 8.79. The summed E-state index contributed by atoms with van der Waals surface area (Å²) < 4.78 is 5.64. The van der Waals surface area contributed by atoms with Gasteiger partial charge in [-0.3, -0.25) is 0 Å². The fourth-order valence-electron chi connectivity index (χ4n) is 5.67. The molecule has 0 unspecified atom stereocenters. The van der Waals surface area contributed by atoms with Crippen molar-refractivity contribution >= 4 is 16.7 Å². The first-order valence-corrected chi connectivity index (χ1v) is 11.9. The van der Waals surface area contributed by atoms with E-state index in [-0.39, 0.29) is 0 Å². The minimum absolute atomic E-state index is 0.302. The molecule has 0 spiro atoms. The summed E-state index contributed by atoms with van der Waals surface area (Å²) in [5.74, 6) is 0.657. The van der Waals surface area contributed by atoms with Gasteiger partial charge < -0.3 is 19.9 Å². The number of hydrogen-bond donors (Lipinski definition) is 2. The Morgan fingerprint density at radius 2 is 1.82 bits per heavy atom. The molecule has 174 valence electrons. The molecule has 2 N–H and O–H groups in total. The van der Waals surface area contributed by atoms with Gasteiger partial charge in [0.25, 0.3) is 0 Å². The highest BCUT2D eigenvalue weighted by atomic mass is 16.5. The summed E-state index contributed by atoms with van der Waals surface area (Å²) >= 11 is 0. The molecule has 1 aliphatic heterocycles. The third-order valence-corrected chi connectivity index (χ3v) is 7.09. The number of likely N-dealkylation sites (N-methyl/N-ethyl adjacent to an activating group) is 1. The number of aryl methyl sites for hydroxylation is 2. The highest BCUT2D eigenvalue weighted by molar-refractivity contribution is 5.95. The maximum atomic E-state index is 5.64. The number of benzene rings is 1. The summed E-state index contributed by atoms with van der Waals surface area (Å²) in [6.45, 7) is 7.00. The topological polar surface area (TPSA) is 79.0 Å². The maximum Gasteiger partial charge on any atom is 0.237 e. The lowest BCUT2D eigenvalue weighted by Gasteiger charge is -2.25. The first kappa shape index (κ1) is 21.1. The first-order chi connectivity index (χ1) is 16.4. The molecule has 7 nitrogen and oxygen atoms in total. The average Bonchev–Trinajstić information content (AvgIpc) is 3.44. The third-order valence-electron chi connectivity index (χ3n) is 7.09. The van der Waals surface area contributed by atoms with E-state index in [4.69, 9.17) is 4.74 Å². The molecule has 0 saturated heterocycles. The molecule has 0 radical (unpaired) electrons. The van der Waals surface area contributed by atoms with E-state index in [0.29, 0.717) is 17.9 Å². The number of aromatic nitrogens is 4. The van der Waals surface area contributed by atoms with E-state index in [2.05, 4.69) is 82.6 Å². The van der Waals surface area contributed by atoms with Crippen molar-refractivity contribution < 1.29 is 4.74 Å². The molecule has 7 heteroatoms. The van der Waals surface area contributed by atoms with Gasteiger partial charge in [0.05, 0.1) is 11.4 Å². The van der Waals surface area contributed by atoms with E-state index in [1.165, 1.54) is 29.5 Å². The molecule has 0 atom stereocenters. The van der Waals surface area contributed by atoms with Gasteiger partial charge in [0.1, 0.15) is 6.61 Å².